The molecule has 1 heterocycles. The number of Topliss-reactive ketones (excluding diaryl/α,β-unsaturated/α-hetero) is 1. The molecule has 0 saturated heterocycles. The fourth-order valence-corrected chi connectivity index (χ4v) is 1.71. The summed E-state index contributed by atoms with van der Waals surface area (Å²) in [5.41, 5.74) is 0.611. The summed E-state index contributed by atoms with van der Waals surface area (Å²) in [5, 5.41) is 0. The van der Waals surface area contributed by atoms with Crippen LogP contribution in [0.1, 0.15) is 29.6 Å². The van der Waals surface area contributed by atoms with Crippen LogP contribution in [0.25, 0.3) is 0 Å². The number of unbranched alkanes of at least 4 members (excludes halogenated alkanes) is 1. The summed E-state index contributed by atoms with van der Waals surface area (Å²) in [6.07, 6.45) is 2.24. The number of hydrogen-bond donors (Lipinski definition) is 0. The molecule has 0 saturated carbocycles. The number of ether oxygens (including phenoxy) is 2. The fraction of sp³-hybridized carbons (Fsp3) is 0.385. The summed E-state index contributed by atoms with van der Waals surface area (Å²) >= 11 is 0. The Kier molecular flexibility index (Phi) is 3.75. The zero-order chi connectivity index (χ0) is 12.1. The maximum atomic E-state index is 11.8. The second kappa shape index (κ2) is 5.48. The van der Waals surface area contributed by atoms with E-state index in [1.165, 1.54) is 0 Å². The minimum atomic E-state index is 0.0313. The molecular weight excluding hydrogens is 220 g/mol. The Labute approximate surface area is 99.5 Å². The Hall–Kier alpha value is -1.84. The van der Waals surface area contributed by atoms with Crippen molar-refractivity contribution in [2.75, 3.05) is 13.2 Å². The summed E-state index contributed by atoms with van der Waals surface area (Å²) in [6, 6.07) is 5.19. The van der Waals surface area contributed by atoms with Crippen LogP contribution in [0.5, 0.6) is 11.5 Å². The van der Waals surface area contributed by atoms with Gasteiger partial charge >= 0.3 is 0 Å². The van der Waals surface area contributed by atoms with Crippen LogP contribution in [0.3, 0.4) is 0 Å². The third-order valence-corrected chi connectivity index (χ3v) is 2.59. The molecular formula is C13H14O4. The normalized spacial score (nSPS) is 13.2. The highest BCUT2D eigenvalue weighted by atomic mass is 16.6. The predicted octanol–water partition coefficient (Wildman–Crippen LogP) is 2.01. The number of ketones is 1. The second-order valence-electron chi connectivity index (χ2n) is 3.84. The largest absolute Gasteiger partial charge is 0.486 e. The molecule has 2 rings (SSSR count). The number of rotatable bonds is 5. The van der Waals surface area contributed by atoms with Gasteiger partial charge < -0.3 is 14.3 Å². The third-order valence-electron chi connectivity index (χ3n) is 2.59. The summed E-state index contributed by atoms with van der Waals surface area (Å²) in [4.78, 5) is 22.0. The van der Waals surface area contributed by atoms with Crippen molar-refractivity contribution < 1.29 is 19.1 Å². The lowest BCUT2D eigenvalue weighted by Gasteiger charge is -2.18. The smallest absolute Gasteiger partial charge is 0.163 e. The summed E-state index contributed by atoms with van der Waals surface area (Å²) in [5.74, 6) is 1.34. The molecule has 0 amide bonds. The standard InChI is InChI=1S/C13H14O4/c14-6-2-1-3-11(15)10-4-5-12-13(9-10)17-8-7-16-12/h4-6,9H,1-3,7-8H2. The lowest BCUT2D eigenvalue weighted by atomic mass is 10.1. The Bertz CT molecular complexity index is 425. The molecule has 4 nitrogen and oxygen atoms in total. The van der Waals surface area contributed by atoms with Gasteiger partial charge in [-0.2, -0.15) is 0 Å². The van der Waals surface area contributed by atoms with Crippen molar-refractivity contribution >= 4 is 12.1 Å². The molecule has 0 atom stereocenters. The quantitative estimate of drug-likeness (QED) is 0.444. The lowest BCUT2D eigenvalue weighted by molar-refractivity contribution is -0.107. The molecule has 4 heteroatoms. The van der Waals surface area contributed by atoms with Gasteiger partial charge in [-0.3, -0.25) is 4.79 Å². The van der Waals surface area contributed by atoms with E-state index in [-0.39, 0.29) is 5.78 Å². The molecule has 0 spiro atoms. The van der Waals surface area contributed by atoms with Crippen LogP contribution in [0.2, 0.25) is 0 Å². The van der Waals surface area contributed by atoms with E-state index < -0.39 is 0 Å². The van der Waals surface area contributed by atoms with Crippen molar-refractivity contribution in [2.24, 2.45) is 0 Å². The van der Waals surface area contributed by atoms with Crippen LogP contribution >= 0.6 is 0 Å². The van der Waals surface area contributed by atoms with Crippen LogP contribution in [-0.2, 0) is 4.79 Å². The maximum Gasteiger partial charge on any atom is 0.163 e. The van der Waals surface area contributed by atoms with Crippen molar-refractivity contribution in [1.29, 1.82) is 0 Å². The number of hydrogen-bond acceptors (Lipinski definition) is 4. The first-order chi connectivity index (χ1) is 8.31. The molecule has 0 aliphatic carbocycles. The van der Waals surface area contributed by atoms with Crippen molar-refractivity contribution in [3.63, 3.8) is 0 Å². The van der Waals surface area contributed by atoms with Crippen molar-refractivity contribution in [1.82, 2.24) is 0 Å². The number of fused-ring (bicyclic) bond motifs is 1. The average Bonchev–Trinajstić information content (AvgIpc) is 2.38. The molecule has 17 heavy (non-hydrogen) atoms. The van der Waals surface area contributed by atoms with Gasteiger partial charge in [-0.05, 0) is 24.6 Å². The molecule has 0 unspecified atom stereocenters. The highest BCUT2D eigenvalue weighted by Gasteiger charge is 2.14. The zero-order valence-electron chi connectivity index (χ0n) is 9.48. The maximum absolute atomic E-state index is 11.8. The Balaban J connectivity index is 2.05. The van der Waals surface area contributed by atoms with Crippen molar-refractivity contribution in [3.05, 3.63) is 23.8 Å². The third kappa shape index (κ3) is 2.84. The monoisotopic (exact) mass is 234 g/mol. The lowest BCUT2D eigenvalue weighted by Crippen LogP contribution is -2.15. The second-order valence-corrected chi connectivity index (χ2v) is 3.84. The highest BCUT2D eigenvalue weighted by Crippen LogP contribution is 2.31. The first-order valence-corrected chi connectivity index (χ1v) is 5.68. The van der Waals surface area contributed by atoms with E-state index in [1.807, 2.05) is 0 Å². The average molecular weight is 234 g/mol. The molecule has 0 bridgehead atoms. The van der Waals surface area contributed by atoms with Crippen LogP contribution in [0.4, 0.5) is 0 Å². The van der Waals surface area contributed by atoms with Gasteiger partial charge in [-0.1, -0.05) is 0 Å². The van der Waals surface area contributed by atoms with Crippen LogP contribution in [0.15, 0.2) is 18.2 Å². The van der Waals surface area contributed by atoms with Gasteiger partial charge in [0.1, 0.15) is 19.5 Å². The minimum Gasteiger partial charge on any atom is -0.486 e. The fourth-order valence-electron chi connectivity index (χ4n) is 1.71. The molecule has 1 aliphatic heterocycles. The van der Waals surface area contributed by atoms with Crippen molar-refractivity contribution in [2.45, 2.75) is 19.3 Å². The van der Waals surface area contributed by atoms with Gasteiger partial charge in [0.2, 0.25) is 0 Å². The first-order valence-electron chi connectivity index (χ1n) is 5.68. The number of carbonyl (C=O) groups is 2. The molecule has 1 aromatic carbocycles. The summed E-state index contributed by atoms with van der Waals surface area (Å²) in [7, 11) is 0. The van der Waals surface area contributed by atoms with Crippen LogP contribution in [-0.4, -0.2) is 25.3 Å². The highest BCUT2D eigenvalue weighted by molar-refractivity contribution is 5.96. The van der Waals surface area contributed by atoms with Gasteiger partial charge in [0.25, 0.3) is 0 Å². The molecule has 0 fully saturated rings. The number of benzene rings is 1. The topological polar surface area (TPSA) is 52.6 Å². The first kappa shape index (κ1) is 11.6. The van der Waals surface area contributed by atoms with E-state index in [2.05, 4.69) is 0 Å². The molecule has 90 valence electrons. The SMILES string of the molecule is O=CCCCC(=O)c1ccc2c(c1)OCCO2. The Morgan fingerprint density at radius 1 is 1.24 bits per heavy atom. The van der Waals surface area contributed by atoms with Gasteiger partial charge in [0, 0.05) is 18.4 Å². The van der Waals surface area contributed by atoms with E-state index in [0.717, 1.165) is 6.29 Å². The molecule has 0 aromatic heterocycles. The van der Waals surface area contributed by atoms with E-state index >= 15 is 0 Å². The van der Waals surface area contributed by atoms with Crippen LogP contribution in [0, 0.1) is 0 Å². The summed E-state index contributed by atoms with van der Waals surface area (Å²) in [6.45, 7) is 1.05. The van der Waals surface area contributed by atoms with E-state index in [1.54, 1.807) is 18.2 Å². The van der Waals surface area contributed by atoms with Gasteiger partial charge in [-0.25, -0.2) is 0 Å². The number of carbonyl (C=O) groups excluding carboxylic acids is 2. The molecule has 0 N–H and O–H groups in total. The number of aldehydes is 1. The summed E-state index contributed by atoms with van der Waals surface area (Å²) < 4.78 is 10.8. The van der Waals surface area contributed by atoms with Crippen molar-refractivity contribution in [3.8, 4) is 11.5 Å². The molecule has 1 aliphatic rings. The zero-order valence-corrected chi connectivity index (χ0v) is 9.48. The molecule has 1 aromatic rings. The van der Waals surface area contributed by atoms with E-state index in [4.69, 9.17) is 9.47 Å². The predicted molar refractivity (Wildman–Crippen MR) is 61.7 cm³/mol. The molecule has 0 radical (unpaired) electrons. The Morgan fingerprint density at radius 2 is 2.00 bits per heavy atom. The Morgan fingerprint density at radius 3 is 2.76 bits per heavy atom. The van der Waals surface area contributed by atoms with Gasteiger partial charge in [0.05, 0.1) is 0 Å². The van der Waals surface area contributed by atoms with Crippen LogP contribution < -0.4 is 9.47 Å². The minimum absolute atomic E-state index is 0.0313. The van der Waals surface area contributed by atoms with Gasteiger partial charge in [-0.15, -0.1) is 0 Å². The van der Waals surface area contributed by atoms with E-state index in [9.17, 15) is 9.59 Å². The van der Waals surface area contributed by atoms with Gasteiger partial charge in [0.15, 0.2) is 17.3 Å². The van der Waals surface area contributed by atoms with E-state index in [0.29, 0.717) is 49.5 Å².